The number of carbonyl (C=O) groups is 2. The molecule has 0 heterocycles. The van der Waals surface area contributed by atoms with Gasteiger partial charge in [-0.05, 0) is 113 Å². The number of hydrogen-bond donors (Lipinski definition) is 0. The van der Waals surface area contributed by atoms with Gasteiger partial charge in [-0.25, -0.2) is 0 Å². The van der Waals surface area contributed by atoms with Crippen molar-refractivity contribution in [1.82, 2.24) is 0 Å². The Hall–Kier alpha value is -5.34. The molecule has 2 nitrogen and oxygen atoms in total. The maximum atomic E-state index is 12.0. The molecule has 0 aliphatic carbocycles. The van der Waals surface area contributed by atoms with Crippen LogP contribution in [0.4, 0.5) is 0 Å². The van der Waals surface area contributed by atoms with Gasteiger partial charge in [-0.15, -0.1) is 0 Å². The second-order valence-corrected chi connectivity index (χ2v) is 11.3. The van der Waals surface area contributed by atoms with Crippen LogP contribution in [-0.4, -0.2) is 12.6 Å². The Balaban J connectivity index is 1.73. The molecule has 2 heteroatoms. The van der Waals surface area contributed by atoms with E-state index in [4.69, 9.17) is 0 Å². The van der Waals surface area contributed by atoms with E-state index >= 15 is 0 Å². The molecule has 0 spiro atoms. The molecule has 0 saturated carbocycles. The lowest BCUT2D eigenvalue weighted by Crippen LogP contribution is -1.97. The van der Waals surface area contributed by atoms with E-state index in [1.54, 1.807) is 0 Å². The van der Waals surface area contributed by atoms with Crippen LogP contribution in [0.3, 0.4) is 0 Å². The number of benzene rings is 8. The van der Waals surface area contributed by atoms with Crippen LogP contribution in [0.15, 0.2) is 109 Å². The zero-order chi connectivity index (χ0) is 28.5. The average Bonchev–Trinajstić information content (AvgIpc) is 3.05. The molecular formula is C40H26O2. The predicted octanol–water partition coefficient (Wildman–Crippen LogP) is 10.5. The van der Waals surface area contributed by atoms with Crippen molar-refractivity contribution in [3.8, 4) is 11.1 Å². The highest BCUT2D eigenvalue weighted by Gasteiger charge is 2.22. The van der Waals surface area contributed by atoms with Crippen LogP contribution in [0, 0.1) is 13.8 Å². The van der Waals surface area contributed by atoms with E-state index in [0.29, 0.717) is 11.1 Å². The molecule has 0 fully saturated rings. The monoisotopic (exact) mass is 538 g/mol. The first kappa shape index (κ1) is 24.5. The van der Waals surface area contributed by atoms with Crippen LogP contribution in [0.1, 0.15) is 31.8 Å². The smallest absolute Gasteiger partial charge is 0.150 e. The van der Waals surface area contributed by atoms with Gasteiger partial charge < -0.3 is 0 Å². The molecule has 8 rings (SSSR count). The summed E-state index contributed by atoms with van der Waals surface area (Å²) in [7, 11) is 0. The molecule has 42 heavy (non-hydrogen) atoms. The minimum atomic E-state index is 0.660. The molecule has 0 N–H and O–H groups in total. The number of hydrogen-bond acceptors (Lipinski definition) is 2. The van der Waals surface area contributed by atoms with Crippen molar-refractivity contribution in [1.29, 1.82) is 0 Å². The van der Waals surface area contributed by atoms with E-state index in [2.05, 4.69) is 86.6 Å². The Morgan fingerprint density at radius 3 is 1.19 bits per heavy atom. The highest BCUT2D eigenvalue weighted by molar-refractivity contribution is 6.31. The van der Waals surface area contributed by atoms with E-state index in [0.717, 1.165) is 55.7 Å². The molecule has 0 bridgehead atoms. The van der Waals surface area contributed by atoms with Crippen molar-refractivity contribution in [3.05, 3.63) is 131 Å². The maximum absolute atomic E-state index is 12.0. The lowest BCUT2D eigenvalue weighted by atomic mass is 9.80. The Morgan fingerprint density at radius 1 is 0.405 bits per heavy atom. The van der Waals surface area contributed by atoms with E-state index in [1.165, 1.54) is 43.8 Å². The summed E-state index contributed by atoms with van der Waals surface area (Å²) >= 11 is 0. The number of aryl methyl sites for hydroxylation is 2. The Bertz CT molecular complexity index is 2290. The third kappa shape index (κ3) is 3.33. The first-order valence-corrected chi connectivity index (χ1v) is 14.3. The molecule has 0 unspecified atom stereocenters. The molecule has 0 radical (unpaired) electrons. The summed E-state index contributed by atoms with van der Waals surface area (Å²) in [6.45, 7) is 4.45. The molecular weight excluding hydrogens is 512 g/mol. The van der Waals surface area contributed by atoms with Gasteiger partial charge in [0.1, 0.15) is 12.6 Å². The van der Waals surface area contributed by atoms with Gasteiger partial charge in [-0.1, -0.05) is 97.1 Å². The second-order valence-electron chi connectivity index (χ2n) is 11.3. The predicted molar refractivity (Wildman–Crippen MR) is 177 cm³/mol. The third-order valence-electron chi connectivity index (χ3n) is 9.11. The fourth-order valence-corrected chi connectivity index (χ4v) is 7.17. The van der Waals surface area contributed by atoms with Gasteiger partial charge in [-0.2, -0.15) is 0 Å². The van der Waals surface area contributed by atoms with Crippen LogP contribution in [-0.2, 0) is 0 Å². The van der Waals surface area contributed by atoms with E-state index < -0.39 is 0 Å². The van der Waals surface area contributed by atoms with Gasteiger partial charge in [0.05, 0.1) is 0 Å². The number of carbonyl (C=O) groups excluding carboxylic acids is 2. The highest BCUT2D eigenvalue weighted by Crippen LogP contribution is 2.49. The normalized spacial score (nSPS) is 11.8. The SMILES string of the molecule is Cc1c(-c2c(C)c3ccccc3c3ccc4ccc(C=O)cc4c23)c2c3cc(C=O)ccc3ccc2c2ccccc12. The second kappa shape index (κ2) is 9.09. The first-order valence-electron chi connectivity index (χ1n) is 14.3. The molecule has 0 amide bonds. The Labute approximate surface area is 242 Å². The van der Waals surface area contributed by atoms with Gasteiger partial charge >= 0.3 is 0 Å². The van der Waals surface area contributed by atoms with Gasteiger partial charge in [0.15, 0.2) is 0 Å². The lowest BCUT2D eigenvalue weighted by Gasteiger charge is -2.23. The molecule has 8 aromatic carbocycles. The summed E-state index contributed by atoms with van der Waals surface area (Å²) in [6.07, 6.45) is 1.86. The molecule has 198 valence electrons. The van der Waals surface area contributed by atoms with E-state index in [1.807, 2.05) is 36.4 Å². The zero-order valence-electron chi connectivity index (χ0n) is 23.4. The molecule has 0 aromatic heterocycles. The average molecular weight is 539 g/mol. The summed E-state index contributed by atoms with van der Waals surface area (Å²) in [5.41, 5.74) is 6.07. The van der Waals surface area contributed by atoms with E-state index in [9.17, 15) is 9.59 Å². The van der Waals surface area contributed by atoms with Crippen LogP contribution in [0.5, 0.6) is 0 Å². The maximum Gasteiger partial charge on any atom is 0.150 e. The quantitative estimate of drug-likeness (QED) is 0.166. The van der Waals surface area contributed by atoms with Crippen molar-refractivity contribution in [2.75, 3.05) is 0 Å². The summed E-state index contributed by atoms with van der Waals surface area (Å²) < 4.78 is 0. The minimum absolute atomic E-state index is 0.660. The topological polar surface area (TPSA) is 34.1 Å². The molecule has 0 saturated heterocycles. The summed E-state index contributed by atoms with van der Waals surface area (Å²) in [5.74, 6) is 0. The first-order chi connectivity index (χ1) is 20.6. The highest BCUT2D eigenvalue weighted by atomic mass is 16.1. The van der Waals surface area contributed by atoms with Crippen molar-refractivity contribution in [2.24, 2.45) is 0 Å². The Morgan fingerprint density at radius 2 is 0.786 bits per heavy atom. The van der Waals surface area contributed by atoms with Crippen LogP contribution in [0.2, 0.25) is 0 Å². The summed E-state index contributed by atoms with van der Waals surface area (Å²) in [6, 6.07) is 37.9. The fourth-order valence-electron chi connectivity index (χ4n) is 7.17. The van der Waals surface area contributed by atoms with Gasteiger partial charge in [0, 0.05) is 11.1 Å². The zero-order valence-corrected chi connectivity index (χ0v) is 23.4. The van der Waals surface area contributed by atoms with Gasteiger partial charge in [0.25, 0.3) is 0 Å². The van der Waals surface area contributed by atoms with Gasteiger partial charge in [-0.3, -0.25) is 9.59 Å². The minimum Gasteiger partial charge on any atom is -0.298 e. The summed E-state index contributed by atoms with van der Waals surface area (Å²) in [4.78, 5) is 23.9. The largest absolute Gasteiger partial charge is 0.298 e. The number of aldehydes is 2. The standard InChI is InChI=1S/C40H26O2/c1-23-29-7-3-5-9-31(29)33-17-15-27-13-11-25(21-41)19-35(27)39(33)37(23)38-24(2)30-8-4-6-10-32(30)34-18-16-28-14-12-26(22-42)20-36(28)40(34)38/h3-22H,1-2H3. The lowest BCUT2D eigenvalue weighted by molar-refractivity contribution is 0.111. The molecule has 0 aliphatic rings. The third-order valence-corrected chi connectivity index (χ3v) is 9.11. The Kier molecular flexibility index (Phi) is 5.29. The molecule has 8 aromatic rings. The van der Waals surface area contributed by atoms with E-state index in [-0.39, 0.29) is 0 Å². The van der Waals surface area contributed by atoms with Gasteiger partial charge in [0.2, 0.25) is 0 Å². The van der Waals surface area contributed by atoms with Crippen molar-refractivity contribution < 1.29 is 9.59 Å². The number of fused-ring (bicyclic) bond motifs is 10. The molecule has 0 atom stereocenters. The van der Waals surface area contributed by atoms with Crippen molar-refractivity contribution in [3.63, 3.8) is 0 Å². The number of rotatable bonds is 3. The van der Waals surface area contributed by atoms with Crippen molar-refractivity contribution in [2.45, 2.75) is 13.8 Å². The van der Waals surface area contributed by atoms with Crippen LogP contribution >= 0.6 is 0 Å². The summed E-state index contributed by atoms with van der Waals surface area (Å²) in [5, 5.41) is 13.8. The molecule has 0 aliphatic heterocycles. The van der Waals surface area contributed by atoms with Crippen LogP contribution in [0.25, 0.3) is 75.8 Å². The van der Waals surface area contributed by atoms with Crippen molar-refractivity contribution >= 4 is 77.2 Å². The fraction of sp³-hybridized carbons (Fsp3) is 0.0500. The van der Waals surface area contributed by atoms with Crippen LogP contribution < -0.4 is 0 Å².